The zero-order valence-corrected chi connectivity index (χ0v) is 40.9. The van der Waals surface area contributed by atoms with Crippen molar-refractivity contribution < 1.29 is 28.6 Å². The van der Waals surface area contributed by atoms with Crippen molar-refractivity contribution in [2.75, 3.05) is 13.2 Å². The van der Waals surface area contributed by atoms with Crippen LogP contribution in [0.4, 0.5) is 0 Å². The highest BCUT2D eigenvalue weighted by atomic mass is 16.6. The van der Waals surface area contributed by atoms with Gasteiger partial charge in [0.05, 0.1) is 0 Å². The van der Waals surface area contributed by atoms with Gasteiger partial charge in [-0.25, -0.2) is 0 Å². The molecule has 0 aliphatic rings. The lowest BCUT2D eigenvalue weighted by molar-refractivity contribution is -0.167. The number of hydrogen-bond acceptors (Lipinski definition) is 6. The van der Waals surface area contributed by atoms with Gasteiger partial charge in [-0.15, -0.1) is 0 Å². The van der Waals surface area contributed by atoms with E-state index in [2.05, 4.69) is 81.5 Å². The van der Waals surface area contributed by atoms with Crippen LogP contribution in [0.3, 0.4) is 0 Å². The second-order valence-corrected chi connectivity index (χ2v) is 17.4. The summed E-state index contributed by atoms with van der Waals surface area (Å²) in [5.41, 5.74) is 0. The molecule has 0 rings (SSSR count). The lowest BCUT2D eigenvalue weighted by Gasteiger charge is -2.18. The Morgan fingerprint density at radius 3 is 1.05 bits per heavy atom. The van der Waals surface area contributed by atoms with Crippen molar-refractivity contribution >= 4 is 17.9 Å². The molecule has 0 amide bonds. The molecule has 0 aliphatic heterocycles. The van der Waals surface area contributed by atoms with Crippen LogP contribution in [0.1, 0.15) is 258 Å². The molecule has 0 radical (unpaired) electrons. The molecule has 358 valence electrons. The van der Waals surface area contributed by atoms with E-state index in [1.807, 2.05) is 0 Å². The molecule has 6 heteroatoms. The van der Waals surface area contributed by atoms with Crippen LogP contribution in [0.15, 0.2) is 60.8 Å². The third kappa shape index (κ3) is 48.1. The predicted molar refractivity (Wildman–Crippen MR) is 265 cm³/mol. The summed E-state index contributed by atoms with van der Waals surface area (Å²) >= 11 is 0. The topological polar surface area (TPSA) is 78.9 Å². The van der Waals surface area contributed by atoms with Gasteiger partial charge in [0.15, 0.2) is 6.10 Å². The number of esters is 3. The number of carbonyl (C=O) groups excluding carboxylic acids is 3. The van der Waals surface area contributed by atoms with Gasteiger partial charge in [0.1, 0.15) is 13.2 Å². The van der Waals surface area contributed by atoms with Crippen LogP contribution in [-0.4, -0.2) is 37.2 Å². The molecule has 1 unspecified atom stereocenters. The van der Waals surface area contributed by atoms with Gasteiger partial charge in [-0.1, -0.05) is 223 Å². The molecule has 0 saturated carbocycles. The smallest absolute Gasteiger partial charge is 0.306 e. The zero-order valence-electron chi connectivity index (χ0n) is 40.9. The summed E-state index contributed by atoms with van der Waals surface area (Å²) in [5.74, 6) is -0.891. The molecule has 6 nitrogen and oxygen atoms in total. The van der Waals surface area contributed by atoms with Crippen LogP contribution in [0.25, 0.3) is 0 Å². The third-order valence-electron chi connectivity index (χ3n) is 11.3. The van der Waals surface area contributed by atoms with E-state index in [1.165, 1.54) is 122 Å². The zero-order chi connectivity index (χ0) is 45.1. The number of rotatable bonds is 47. The fourth-order valence-corrected chi connectivity index (χ4v) is 7.30. The first kappa shape index (κ1) is 59.1. The monoisotopic (exact) mass is 867 g/mol. The minimum Gasteiger partial charge on any atom is -0.462 e. The van der Waals surface area contributed by atoms with Gasteiger partial charge in [-0.2, -0.15) is 0 Å². The molecule has 1 atom stereocenters. The lowest BCUT2D eigenvalue weighted by Crippen LogP contribution is -2.30. The summed E-state index contributed by atoms with van der Waals surface area (Å²) in [6.07, 6.45) is 62.0. The van der Waals surface area contributed by atoms with Gasteiger partial charge in [0, 0.05) is 19.3 Å². The largest absolute Gasteiger partial charge is 0.462 e. The highest BCUT2D eigenvalue weighted by Crippen LogP contribution is 2.15. The van der Waals surface area contributed by atoms with Crippen LogP contribution in [-0.2, 0) is 28.6 Å². The average Bonchev–Trinajstić information content (AvgIpc) is 3.27. The molecule has 0 aliphatic carbocycles. The van der Waals surface area contributed by atoms with Gasteiger partial charge in [0.25, 0.3) is 0 Å². The quantitative estimate of drug-likeness (QED) is 0.0262. The van der Waals surface area contributed by atoms with Gasteiger partial charge >= 0.3 is 17.9 Å². The van der Waals surface area contributed by atoms with Gasteiger partial charge in [0.2, 0.25) is 0 Å². The second kappa shape index (κ2) is 50.8. The molecule has 0 fully saturated rings. The summed E-state index contributed by atoms with van der Waals surface area (Å²) in [6, 6.07) is 0. The van der Waals surface area contributed by atoms with E-state index in [1.54, 1.807) is 0 Å². The molecular weight excluding hydrogens is 769 g/mol. The van der Waals surface area contributed by atoms with Crippen LogP contribution >= 0.6 is 0 Å². The van der Waals surface area contributed by atoms with Crippen molar-refractivity contribution in [1.29, 1.82) is 0 Å². The Bertz CT molecular complexity index is 1130. The van der Waals surface area contributed by atoms with E-state index in [4.69, 9.17) is 14.2 Å². The van der Waals surface area contributed by atoms with Crippen molar-refractivity contribution in [3.8, 4) is 0 Å². The van der Waals surface area contributed by atoms with Crippen molar-refractivity contribution in [2.45, 2.75) is 264 Å². The molecule has 0 aromatic heterocycles. The molecule has 0 N–H and O–H groups in total. The summed E-state index contributed by atoms with van der Waals surface area (Å²) in [7, 11) is 0. The molecule has 0 spiro atoms. The van der Waals surface area contributed by atoms with Gasteiger partial charge in [-0.05, 0) is 77.0 Å². The normalized spacial score (nSPS) is 12.5. The summed E-state index contributed by atoms with van der Waals surface area (Å²) in [5, 5.41) is 0. The molecule has 62 heavy (non-hydrogen) atoms. The van der Waals surface area contributed by atoms with Gasteiger partial charge in [-0.3, -0.25) is 14.4 Å². The molecule has 0 heterocycles. The molecule has 0 bridgehead atoms. The number of hydrogen-bond donors (Lipinski definition) is 0. The van der Waals surface area contributed by atoms with Crippen LogP contribution in [0.2, 0.25) is 0 Å². The maximum absolute atomic E-state index is 12.8. The van der Waals surface area contributed by atoms with Crippen LogP contribution in [0.5, 0.6) is 0 Å². The predicted octanol–water partition coefficient (Wildman–Crippen LogP) is 17.3. The van der Waals surface area contributed by atoms with Crippen molar-refractivity contribution in [2.24, 2.45) is 0 Å². The van der Waals surface area contributed by atoms with Crippen LogP contribution < -0.4 is 0 Å². The first-order chi connectivity index (χ1) is 30.5. The minimum absolute atomic E-state index is 0.0793. The maximum Gasteiger partial charge on any atom is 0.306 e. The Morgan fingerprint density at radius 1 is 0.339 bits per heavy atom. The van der Waals surface area contributed by atoms with Crippen molar-refractivity contribution in [3.05, 3.63) is 60.8 Å². The second-order valence-electron chi connectivity index (χ2n) is 17.4. The minimum atomic E-state index is -0.777. The SMILES string of the molecule is CC/C=C\C/C=C\C/C=C\C/C=C\CCCCCCCCCCC(=O)OCC(COC(=O)CCCCCCC/C=C\CCCC)OC(=O)CCCCCCCCCCCCCC. The highest BCUT2D eigenvalue weighted by molar-refractivity contribution is 5.71. The molecule has 0 saturated heterocycles. The van der Waals surface area contributed by atoms with Gasteiger partial charge < -0.3 is 14.2 Å². The Kier molecular flexibility index (Phi) is 48.4. The van der Waals surface area contributed by atoms with Crippen molar-refractivity contribution in [1.82, 2.24) is 0 Å². The van der Waals surface area contributed by atoms with E-state index in [0.717, 1.165) is 96.3 Å². The number of ether oxygens (including phenoxy) is 3. The van der Waals surface area contributed by atoms with E-state index in [9.17, 15) is 14.4 Å². The molecular formula is C56H98O6. The maximum atomic E-state index is 12.8. The summed E-state index contributed by atoms with van der Waals surface area (Å²) in [6.45, 7) is 6.48. The van der Waals surface area contributed by atoms with Crippen LogP contribution in [0, 0.1) is 0 Å². The Morgan fingerprint density at radius 2 is 0.645 bits per heavy atom. The Balaban J connectivity index is 4.31. The summed E-state index contributed by atoms with van der Waals surface area (Å²) < 4.78 is 16.8. The number of carbonyl (C=O) groups is 3. The Labute approximate surface area is 383 Å². The van der Waals surface area contributed by atoms with E-state index in [-0.39, 0.29) is 31.1 Å². The average molecular weight is 867 g/mol. The van der Waals surface area contributed by atoms with E-state index in [0.29, 0.717) is 19.3 Å². The van der Waals surface area contributed by atoms with E-state index < -0.39 is 6.10 Å². The first-order valence-electron chi connectivity index (χ1n) is 26.3. The molecule has 0 aromatic rings. The highest BCUT2D eigenvalue weighted by Gasteiger charge is 2.19. The summed E-state index contributed by atoms with van der Waals surface area (Å²) in [4.78, 5) is 37.9. The lowest BCUT2D eigenvalue weighted by atomic mass is 10.0. The first-order valence-corrected chi connectivity index (χ1v) is 26.3. The molecule has 0 aromatic carbocycles. The number of unbranched alkanes of at least 4 members (excludes halogenated alkanes) is 26. The fourth-order valence-electron chi connectivity index (χ4n) is 7.30. The van der Waals surface area contributed by atoms with Crippen molar-refractivity contribution in [3.63, 3.8) is 0 Å². The Hall–Kier alpha value is -2.89. The third-order valence-corrected chi connectivity index (χ3v) is 11.3. The van der Waals surface area contributed by atoms with E-state index >= 15 is 0 Å². The fraction of sp³-hybridized carbons (Fsp3) is 0.768. The number of allylic oxidation sites excluding steroid dienone is 10. The standard InChI is InChI=1S/C56H98O6/c1-4-7-10-13-16-19-22-24-25-26-27-28-29-30-31-32-35-37-40-43-46-49-55(58)61-52-53(51-60-54(57)48-45-42-39-36-33-21-18-15-12-9-6-3)62-56(59)50-47-44-41-38-34-23-20-17-14-11-8-5-2/h7,10,15-16,18-19,24-25,27-28,53H,4-6,8-9,11-14,17,20-23,26,29-52H2,1-3H3/b10-7-,18-15-,19-16-,25-24-,28-27-.